The standard InChI is InChI=1S/C23H21FO2/c24-22-15-7-18(8-16-22)4-2-1-3-17-5-9-19(10-6-17)20-11-13-21(14-12-20)23(25)26/h5-16H,1-4H2,(H,25,26). The zero-order valence-electron chi connectivity index (χ0n) is 14.5. The maximum Gasteiger partial charge on any atom is 0.335 e. The van der Waals surface area contributed by atoms with Gasteiger partial charge in [-0.15, -0.1) is 0 Å². The van der Waals surface area contributed by atoms with Crippen LogP contribution in [0.3, 0.4) is 0 Å². The first-order valence-corrected chi connectivity index (χ1v) is 8.79. The summed E-state index contributed by atoms with van der Waals surface area (Å²) in [7, 11) is 0. The molecule has 0 saturated carbocycles. The average Bonchev–Trinajstić information content (AvgIpc) is 2.67. The van der Waals surface area contributed by atoms with Gasteiger partial charge in [-0.3, -0.25) is 0 Å². The molecule has 0 spiro atoms. The van der Waals surface area contributed by atoms with E-state index in [1.54, 1.807) is 12.1 Å². The summed E-state index contributed by atoms with van der Waals surface area (Å²) in [5.41, 5.74) is 4.85. The third kappa shape index (κ3) is 4.79. The Bertz CT molecular complexity index is 850. The van der Waals surface area contributed by atoms with Crippen LogP contribution in [0.15, 0.2) is 72.8 Å². The van der Waals surface area contributed by atoms with Gasteiger partial charge in [0.25, 0.3) is 0 Å². The molecule has 0 fully saturated rings. The highest BCUT2D eigenvalue weighted by molar-refractivity contribution is 5.88. The Morgan fingerprint density at radius 1 is 0.692 bits per heavy atom. The van der Waals surface area contributed by atoms with Crippen molar-refractivity contribution >= 4 is 5.97 Å². The molecule has 0 atom stereocenters. The summed E-state index contributed by atoms with van der Waals surface area (Å²) >= 11 is 0. The number of aromatic carboxylic acids is 1. The van der Waals surface area contributed by atoms with Crippen molar-refractivity contribution in [2.45, 2.75) is 25.7 Å². The summed E-state index contributed by atoms with van der Waals surface area (Å²) in [5, 5.41) is 8.95. The number of unbranched alkanes of at least 4 members (excludes halogenated alkanes) is 1. The van der Waals surface area contributed by atoms with E-state index in [0.717, 1.165) is 36.8 Å². The van der Waals surface area contributed by atoms with E-state index in [1.165, 1.54) is 23.3 Å². The van der Waals surface area contributed by atoms with Gasteiger partial charge in [0.2, 0.25) is 0 Å². The van der Waals surface area contributed by atoms with Crippen LogP contribution in [0.25, 0.3) is 11.1 Å². The molecule has 1 N–H and O–H groups in total. The van der Waals surface area contributed by atoms with E-state index in [0.29, 0.717) is 5.56 Å². The van der Waals surface area contributed by atoms with Crippen molar-refractivity contribution in [3.8, 4) is 11.1 Å². The van der Waals surface area contributed by atoms with Crippen LogP contribution in [-0.2, 0) is 12.8 Å². The monoisotopic (exact) mass is 348 g/mol. The largest absolute Gasteiger partial charge is 0.478 e. The molecule has 0 aliphatic carbocycles. The van der Waals surface area contributed by atoms with Crippen LogP contribution in [0.2, 0.25) is 0 Å². The van der Waals surface area contributed by atoms with Gasteiger partial charge in [0.15, 0.2) is 0 Å². The zero-order chi connectivity index (χ0) is 18.4. The maximum absolute atomic E-state index is 12.9. The highest BCUT2D eigenvalue weighted by Gasteiger charge is 2.03. The minimum absolute atomic E-state index is 0.188. The molecule has 3 rings (SSSR count). The summed E-state index contributed by atoms with van der Waals surface area (Å²) in [6.07, 6.45) is 4.14. The van der Waals surface area contributed by atoms with Crippen LogP contribution in [0.5, 0.6) is 0 Å². The third-order valence-electron chi connectivity index (χ3n) is 4.51. The first-order valence-electron chi connectivity index (χ1n) is 8.79. The predicted molar refractivity (Wildman–Crippen MR) is 102 cm³/mol. The lowest BCUT2D eigenvalue weighted by molar-refractivity contribution is 0.0697. The number of carboxylic acid groups (broad SMARTS) is 1. The molecule has 26 heavy (non-hydrogen) atoms. The molecule has 132 valence electrons. The molecule has 3 aromatic rings. The van der Waals surface area contributed by atoms with E-state index in [9.17, 15) is 9.18 Å². The molecule has 0 aliphatic heterocycles. The van der Waals surface area contributed by atoms with Crippen LogP contribution in [-0.4, -0.2) is 11.1 Å². The van der Waals surface area contributed by atoms with Gasteiger partial charge in [-0.25, -0.2) is 9.18 Å². The SMILES string of the molecule is O=C(O)c1ccc(-c2ccc(CCCCc3ccc(F)cc3)cc2)cc1. The zero-order valence-corrected chi connectivity index (χ0v) is 14.5. The molecular formula is C23H21FO2. The molecule has 0 aliphatic rings. The Labute approximate surface area is 152 Å². The fourth-order valence-corrected chi connectivity index (χ4v) is 2.98. The highest BCUT2D eigenvalue weighted by atomic mass is 19.1. The molecule has 3 heteroatoms. The fourth-order valence-electron chi connectivity index (χ4n) is 2.98. The number of carbonyl (C=O) groups is 1. The average molecular weight is 348 g/mol. The number of benzene rings is 3. The van der Waals surface area contributed by atoms with Crippen LogP contribution >= 0.6 is 0 Å². The van der Waals surface area contributed by atoms with E-state index in [2.05, 4.69) is 24.3 Å². The molecule has 0 bridgehead atoms. The van der Waals surface area contributed by atoms with Crippen molar-refractivity contribution in [2.24, 2.45) is 0 Å². The van der Waals surface area contributed by atoms with Gasteiger partial charge in [-0.2, -0.15) is 0 Å². The van der Waals surface area contributed by atoms with Crippen LogP contribution < -0.4 is 0 Å². The Hall–Kier alpha value is -2.94. The number of aryl methyl sites for hydroxylation is 2. The Kier molecular flexibility index (Phi) is 5.80. The molecular weight excluding hydrogens is 327 g/mol. The minimum atomic E-state index is -0.910. The van der Waals surface area contributed by atoms with Crippen LogP contribution in [0.4, 0.5) is 4.39 Å². The van der Waals surface area contributed by atoms with Gasteiger partial charge >= 0.3 is 5.97 Å². The summed E-state index contributed by atoms with van der Waals surface area (Å²) in [4.78, 5) is 10.9. The first-order chi connectivity index (χ1) is 12.6. The number of carboxylic acids is 1. The van der Waals surface area contributed by atoms with Crippen LogP contribution in [0, 0.1) is 5.82 Å². The Morgan fingerprint density at radius 2 is 1.12 bits per heavy atom. The Balaban J connectivity index is 1.51. The van der Waals surface area contributed by atoms with Crippen molar-refractivity contribution in [3.63, 3.8) is 0 Å². The minimum Gasteiger partial charge on any atom is -0.478 e. The molecule has 0 heterocycles. The predicted octanol–water partition coefficient (Wildman–Crippen LogP) is 5.76. The maximum atomic E-state index is 12.9. The number of hydrogen-bond acceptors (Lipinski definition) is 1. The second-order valence-electron chi connectivity index (χ2n) is 6.41. The molecule has 3 aromatic carbocycles. The second kappa shape index (κ2) is 8.43. The van der Waals surface area contributed by atoms with Gasteiger partial charge in [0, 0.05) is 0 Å². The lowest BCUT2D eigenvalue weighted by atomic mass is 10.00. The molecule has 0 radical (unpaired) electrons. The third-order valence-corrected chi connectivity index (χ3v) is 4.51. The van der Waals surface area contributed by atoms with Crippen molar-refractivity contribution in [1.29, 1.82) is 0 Å². The molecule has 0 aromatic heterocycles. The molecule has 2 nitrogen and oxygen atoms in total. The highest BCUT2D eigenvalue weighted by Crippen LogP contribution is 2.21. The van der Waals surface area contributed by atoms with Gasteiger partial charge in [-0.1, -0.05) is 48.5 Å². The lowest BCUT2D eigenvalue weighted by Gasteiger charge is -2.06. The van der Waals surface area contributed by atoms with Gasteiger partial charge in [0.05, 0.1) is 5.56 Å². The smallest absolute Gasteiger partial charge is 0.335 e. The van der Waals surface area contributed by atoms with Crippen molar-refractivity contribution < 1.29 is 14.3 Å². The fraction of sp³-hybridized carbons (Fsp3) is 0.174. The van der Waals surface area contributed by atoms with Crippen molar-refractivity contribution in [1.82, 2.24) is 0 Å². The summed E-state index contributed by atoms with van der Waals surface area (Å²) in [5.74, 6) is -1.10. The van der Waals surface area contributed by atoms with E-state index in [4.69, 9.17) is 5.11 Å². The molecule has 0 saturated heterocycles. The molecule has 0 amide bonds. The van der Waals surface area contributed by atoms with Gasteiger partial charge in [-0.05, 0) is 72.2 Å². The van der Waals surface area contributed by atoms with E-state index < -0.39 is 5.97 Å². The molecule has 0 unspecified atom stereocenters. The summed E-state index contributed by atoms with van der Waals surface area (Å²) < 4.78 is 12.9. The van der Waals surface area contributed by atoms with E-state index in [-0.39, 0.29) is 5.82 Å². The first kappa shape index (κ1) is 17.9. The summed E-state index contributed by atoms with van der Waals surface area (Å²) in [6, 6.07) is 22.0. The number of rotatable bonds is 7. The van der Waals surface area contributed by atoms with Gasteiger partial charge in [0.1, 0.15) is 5.82 Å². The Morgan fingerprint density at radius 3 is 1.58 bits per heavy atom. The van der Waals surface area contributed by atoms with E-state index in [1.807, 2.05) is 24.3 Å². The van der Waals surface area contributed by atoms with E-state index >= 15 is 0 Å². The van der Waals surface area contributed by atoms with Gasteiger partial charge < -0.3 is 5.11 Å². The lowest BCUT2D eigenvalue weighted by Crippen LogP contribution is -1.95. The normalized spacial score (nSPS) is 10.7. The van der Waals surface area contributed by atoms with Crippen LogP contribution in [0.1, 0.15) is 34.3 Å². The quantitative estimate of drug-likeness (QED) is 0.552. The van der Waals surface area contributed by atoms with Crippen molar-refractivity contribution in [2.75, 3.05) is 0 Å². The number of halogens is 1. The van der Waals surface area contributed by atoms with Crippen molar-refractivity contribution in [3.05, 3.63) is 95.3 Å². The number of hydrogen-bond donors (Lipinski definition) is 1. The second-order valence-corrected chi connectivity index (χ2v) is 6.41. The summed E-state index contributed by atoms with van der Waals surface area (Å²) in [6.45, 7) is 0. The topological polar surface area (TPSA) is 37.3 Å².